The van der Waals surface area contributed by atoms with Crippen molar-refractivity contribution in [2.45, 2.75) is 79.1 Å². The molecule has 0 aliphatic rings. The zero-order valence-electron chi connectivity index (χ0n) is 21.4. The number of rotatable bonds is 12. The molecule has 0 radical (unpaired) electrons. The van der Waals surface area contributed by atoms with Crippen LogP contribution in [0.5, 0.6) is 0 Å². The molecule has 190 valence electrons. The lowest BCUT2D eigenvalue weighted by molar-refractivity contribution is -0.133. The van der Waals surface area contributed by atoms with Crippen molar-refractivity contribution in [1.29, 1.82) is 0 Å². The first-order valence-electron chi connectivity index (χ1n) is 11.7. The normalized spacial score (nSPS) is 15.1. The Bertz CT molecular complexity index is 835. The van der Waals surface area contributed by atoms with Gasteiger partial charge in [-0.3, -0.25) is 19.2 Å². The number of nitrogens with one attached hydrogen (secondary N) is 4. The van der Waals surface area contributed by atoms with Crippen LogP contribution in [-0.2, 0) is 25.6 Å². The number of primary amides is 1. The first-order valence-corrected chi connectivity index (χ1v) is 11.7. The molecule has 0 unspecified atom stereocenters. The van der Waals surface area contributed by atoms with Crippen molar-refractivity contribution in [3.63, 3.8) is 0 Å². The standard InChI is InChI=1S/C25H41N5O4/c1-15(2)21(30-20(31)14-27-17(4)25(5,6)7)24(34)29-19(13-18-11-9-8-10-12-18)23(33)28-16(3)22(26)32/h8-12,15-17,19,21,27H,13-14H2,1-7H3,(H2,26,32)(H,28,33)(H,29,34)(H,30,31)/t16-,17-,19-,21-/m0/s1. The molecule has 1 rings (SSSR count). The molecule has 0 aliphatic heterocycles. The zero-order chi connectivity index (χ0) is 26.1. The third-order valence-corrected chi connectivity index (χ3v) is 5.83. The van der Waals surface area contributed by atoms with Gasteiger partial charge in [0.2, 0.25) is 23.6 Å². The minimum absolute atomic E-state index is 0.0187. The Morgan fingerprint density at radius 3 is 1.97 bits per heavy atom. The maximum Gasteiger partial charge on any atom is 0.243 e. The van der Waals surface area contributed by atoms with E-state index in [0.29, 0.717) is 0 Å². The van der Waals surface area contributed by atoms with Gasteiger partial charge in [-0.1, -0.05) is 65.0 Å². The summed E-state index contributed by atoms with van der Waals surface area (Å²) in [5.74, 6) is -2.21. The molecule has 9 nitrogen and oxygen atoms in total. The Labute approximate surface area is 203 Å². The lowest BCUT2D eigenvalue weighted by Crippen LogP contribution is -2.58. The quantitative estimate of drug-likeness (QED) is 0.305. The molecular weight excluding hydrogens is 434 g/mol. The van der Waals surface area contributed by atoms with E-state index in [1.807, 2.05) is 51.1 Å². The van der Waals surface area contributed by atoms with E-state index in [2.05, 4.69) is 42.0 Å². The number of carbonyl (C=O) groups is 4. The summed E-state index contributed by atoms with van der Waals surface area (Å²) in [4.78, 5) is 49.9. The van der Waals surface area contributed by atoms with E-state index >= 15 is 0 Å². The van der Waals surface area contributed by atoms with Crippen LogP contribution in [0.1, 0.15) is 54.0 Å². The molecule has 0 fully saturated rings. The molecule has 4 atom stereocenters. The molecule has 0 aliphatic carbocycles. The number of hydrogen-bond donors (Lipinski definition) is 5. The third kappa shape index (κ3) is 9.91. The van der Waals surface area contributed by atoms with Gasteiger partial charge in [0.25, 0.3) is 0 Å². The van der Waals surface area contributed by atoms with Gasteiger partial charge in [-0.25, -0.2) is 0 Å². The fourth-order valence-electron chi connectivity index (χ4n) is 3.02. The predicted octanol–water partition coefficient (Wildman–Crippen LogP) is 0.869. The van der Waals surface area contributed by atoms with Gasteiger partial charge in [-0.05, 0) is 30.7 Å². The van der Waals surface area contributed by atoms with E-state index in [1.165, 1.54) is 6.92 Å². The summed E-state index contributed by atoms with van der Waals surface area (Å²) >= 11 is 0. The average molecular weight is 476 g/mol. The SMILES string of the molecule is CC(C)[C@H](NC(=O)CN[C@@H](C)C(C)(C)C)C(=O)N[C@@H](Cc1ccccc1)C(=O)N[C@@H](C)C(N)=O. The van der Waals surface area contributed by atoms with Crippen molar-refractivity contribution < 1.29 is 19.2 Å². The molecular formula is C25H41N5O4. The van der Waals surface area contributed by atoms with Crippen molar-refractivity contribution in [1.82, 2.24) is 21.3 Å². The minimum atomic E-state index is -0.950. The summed E-state index contributed by atoms with van der Waals surface area (Å²) in [6, 6.07) is 6.62. The van der Waals surface area contributed by atoms with E-state index in [-0.39, 0.29) is 36.2 Å². The van der Waals surface area contributed by atoms with Crippen molar-refractivity contribution in [2.24, 2.45) is 17.1 Å². The molecule has 0 bridgehead atoms. The highest BCUT2D eigenvalue weighted by Gasteiger charge is 2.30. The Hall–Kier alpha value is -2.94. The van der Waals surface area contributed by atoms with Crippen molar-refractivity contribution in [3.8, 4) is 0 Å². The van der Waals surface area contributed by atoms with Gasteiger partial charge in [0, 0.05) is 12.5 Å². The maximum atomic E-state index is 13.1. The first kappa shape index (κ1) is 29.1. The highest BCUT2D eigenvalue weighted by molar-refractivity contribution is 5.94. The summed E-state index contributed by atoms with van der Waals surface area (Å²) in [6.45, 7) is 13.4. The second-order valence-electron chi connectivity index (χ2n) is 10.1. The summed E-state index contributed by atoms with van der Waals surface area (Å²) in [6.07, 6.45) is 0.216. The van der Waals surface area contributed by atoms with E-state index in [4.69, 9.17) is 5.73 Å². The fourth-order valence-corrected chi connectivity index (χ4v) is 3.02. The number of amides is 4. The molecule has 0 saturated heterocycles. The lowest BCUT2D eigenvalue weighted by Gasteiger charge is -2.29. The molecule has 9 heteroatoms. The van der Waals surface area contributed by atoms with Crippen LogP contribution in [0.2, 0.25) is 0 Å². The minimum Gasteiger partial charge on any atom is -0.368 e. The Kier molecular flexibility index (Phi) is 11.2. The summed E-state index contributed by atoms with van der Waals surface area (Å²) in [5.41, 5.74) is 6.08. The Balaban J connectivity index is 2.93. The van der Waals surface area contributed by atoms with Crippen molar-refractivity contribution >= 4 is 23.6 Å². The molecule has 1 aromatic carbocycles. The molecule has 0 heterocycles. The fraction of sp³-hybridized carbons (Fsp3) is 0.600. The van der Waals surface area contributed by atoms with E-state index in [0.717, 1.165) is 5.56 Å². The summed E-state index contributed by atoms with van der Waals surface area (Å²) in [5, 5.41) is 11.2. The molecule has 34 heavy (non-hydrogen) atoms. The summed E-state index contributed by atoms with van der Waals surface area (Å²) < 4.78 is 0. The van der Waals surface area contributed by atoms with E-state index < -0.39 is 35.8 Å². The van der Waals surface area contributed by atoms with Crippen LogP contribution >= 0.6 is 0 Å². The van der Waals surface area contributed by atoms with Gasteiger partial charge in [-0.15, -0.1) is 0 Å². The van der Waals surface area contributed by atoms with Crippen LogP contribution in [0.25, 0.3) is 0 Å². The van der Waals surface area contributed by atoms with Crippen LogP contribution in [0.4, 0.5) is 0 Å². The summed E-state index contributed by atoms with van der Waals surface area (Å²) in [7, 11) is 0. The van der Waals surface area contributed by atoms with Crippen molar-refractivity contribution in [2.75, 3.05) is 6.54 Å². The van der Waals surface area contributed by atoms with Crippen LogP contribution in [0.3, 0.4) is 0 Å². The molecule has 4 amide bonds. The Morgan fingerprint density at radius 1 is 0.882 bits per heavy atom. The smallest absolute Gasteiger partial charge is 0.243 e. The van der Waals surface area contributed by atoms with E-state index in [9.17, 15) is 19.2 Å². The predicted molar refractivity (Wildman–Crippen MR) is 133 cm³/mol. The average Bonchev–Trinajstić information content (AvgIpc) is 2.74. The highest BCUT2D eigenvalue weighted by Crippen LogP contribution is 2.18. The van der Waals surface area contributed by atoms with Gasteiger partial charge in [0.15, 0.2) is 0 Å². The van der Waals surface area contributed by atoms with Gasteiger partial charge < -0.3 is 27.0 Å². The molecule has 6 N–H and O–H groups in total. The van der Waals surface area contributed by atoms with Crippen LogP contribution in [0.15, 0.2) is 30.3 Å². The number of nitrogens with two attached hydrogens (primary N) is 1. The third-order valence-electron chi connectivity index (χ3n) is 5.83. The van der Waals surface area contributed by atoms with Gasteiger partial charge >= 0.3 is 0 Å². The van der Waals surface area contributed by atoms with Crippen LogP contribution in [0, 0.1) is 11.3 Å². The molecule has 0 saturated carbocycles. The van der Waals surface area contributed by atoms with E-state index in [1.54, 1.807) is 0 Å². The van der Waals surface area contributed by atoms with Crippen LogP contribution < -0.4 is 27.0 Å². The maximum absolute atomic E-state index is 13.1. The second-order valence-corrected chi connectivity index (χ2v) is 10.1. The zero-order valence-corrected chi connectivity index (χ0v) is 21.4. The molecule has 0 spiro atoms. The van der Waals surface area contributed by atoms with Gasteiger partial charge in [-0.2, -0.15) is 0 Å². The van der Waals surface area contributed by atoms with Gasteiger partial charge in [0.1, 0.15) is 18.1 Å². The highest BCUT2D eigenvalue weighted by atomic mass is 16.2. The van der Waals surface area contributed by atoms with Gasteiger partial charge in [0.05, 0.1) is 6.54 Å². The van der Waals surface area contributed by atoms with Crippen molar-refractivity contribution in [3.05, 3.63) is 35.9 Å². The number of hydrogen-bond acceptors (Lipinski definition) is 5. The first-order chi connectivity index (χ1) is 15.7. The largest absolute Gasteiger partial charge is 0.368 e. The number of carbonyl (C=O) groups excluding carboxylic acids is 4. The lowest BCUT2D eigenvalue weighted by atomic mass is 9.88. The molecule has 0 aromatic heterocycles. The Morgan fingerprint density at radius 2 is 1.47 bits per heavy atom. The second kappa shape index (κ2) is 13.1. The van der Waals surface area contributed by atoms with Crippen LogP contribution in [-0.4, -0.2) is 54.3 Å². The number of benzene rings is 1. The topological polar surface area (TPSA) is 142 Å². The molecule has 1 aromatic rings. The monoisotopic (exact) mass is 475 g/mol.